The third kappa shape index (κ3) is 5.57. The van der Waals surface area contributed by atoms with Crippen LogP contribution in [0.5, 0.6) is 0 Å². The van der Waals surface area contributed by atoms with Gasteiger partial charge in [0, 0.05) is 5.69 Å². The smallest absolute Gasteiger partial charge is 0.416 e. The number of hydrogen-bond donors (Lipinski definition) is 0. The standard InChI is InChI=1S/C22H26F3NO2/c1-13(2)11-17-12-18(15-7-9-16(10-8-15)22(23,24)25)19(14(3)26-17)20(27)28-21(4,5)6/h7-10,12-13H,11H2,1-6H3. The molecule has 0 amide bonds. The molecular formula is C22H26F3NO2. The maximum Gasteiger partial charge on any atom is 0.416 e. The Morgan fingerprint density at radius 2 is 1.68 bits per heavy atom. The molecule has 0 spiro atoms. The number of ether oxygens (including phenoxy) is 1. The normalized spacial score (nSPS) is 12.4. The fourth-order valence-electron chi connectivity index (χ4n) is 2.91. The van der Waals surface area contributed by atoms with Gasteiger partial charge < -0.3 is 4.74 Å². The van der Waals surface area contributed by atoms with Crippen LogP contribution in [0, 0.1) is 12.8 Å². The van der Waals surface area contributed by atoms with Gasteiger partial charge in [-0.3, -0.25) is 4.98 Å². The van der Waals surface area contributed by atoms with Crippen LogP contribution in [0.4, 0.5) is 13.2 Å². The first-order chi connectivity index (χ1) is 12.8. The number of nitrogens with zero attached hydrogens (tertiary/aromatic N) is 1. The topological polar surface area (TPSA) is 39.2 Å². The summed E-state index contributed by atoms with van der Waals surface area (Å²) in [5.41, 5.74) is 1.19. The number of aryl methyl sites for hydroxylation is 1. The number of pyridine rings is 1. The van der Waals surface area contributed by atoms with Gasteiger partial charge in [0.25, 0.3) is 0 Å². The lowest BCUT2D eigenvalue weighted by molar-refractivity contribution is -0.137. The number of rotatable bonds is 4. The molecule has 1 aromatic carbocycles. The third-order valence-corrected chi connectivity index (χ3v) is 4.00. The Hall–Kier alpha value is -2.37. The molecule has 0 radical (unpaired) electrons. The van der Waals surface area contributed by atoms with Crippen molar-refractivity contribution >= 4 is 5.97 Å². The highest BCUT2D eigenvalue weighted by molar-refractivity contribution is 5.98. The van der Waals surface area contributed by atoms with Crippen LogP contribution in [0.1, 0.15) is 61.9 Å². The van der Waals surface area contributed by atoms with Crippen LogP contribution in [0.3, 0.4) is 0 Å². The van der Waals surface area contributed by atoms with Crippen molar-refractivity contribution in [2.24, 2.45) is 5.92 Å². The van der Waals surface area contributed by atoms with Crippen molar-refractivity contribution in [1.29, 1.82) is 0 Å². The number of carbonyl (C=O) groups is 1. The van der Waals surface area contributed by atoms with Gasteiger partial charge in [-0.2, -0.15) is 13.2 Å². The minimum absolute atomic E-state index is 0.280. The maximum atomic E-state index is 12.9. The monoisotopic (exact) mass is 393 g/mol. The number of alkyl halides is 3. The highest BCUT2D eigenvalue weighted by Gasteiger charge is 2.30. The number of esters is 1. The Morgan fingerprint density at radius 3 is 2.14 bits per heavy atom. The molecule has 2 rings (SSSR count). The Morgan fingerprint density at radius 1 is 1.11 bits per heavy atom. The Bertz CT molecular complexity index is 848. The molecule has 2 aromatic rings. The van der Waals surface area contributed by atoms with E-state index in [-0.39, 0.29) is 5.56 Å². The number of hydrogen-bond acceptors (Lipinski definition) is 3. The van der Waals surface area contributed by atoms with Crippen molar-refractivity contribution in [3.8, 4) is 11.1 Å². The van der Waals surface area contributed by atoms with Gasteiger partial charge in [0.15, 0.2) is 0 Å². The molecule has 28 heavy (non-hydrogen) atoms. The molecule has 0 aliphatic carbocycles. The lowest BCUT2D eigenvalue weighted by Crippen LogP contribution is -2.25. The van der Waals surface area contributed by atoms with E-state index in [9.17, 15) is 18.0 Å². The first kappa shape index (κ1) is 21.9. The minimum atomic E-state index is -4.41. The van der Waals surface area contributed by atoms with Crippen LogP contribution in [0.2, 0.25) is 0 Å². The van der Waals surface area contributed by atoms with E-state index < -0.39 is 23.3 Å². The van der Waals surface area contributed by atoms with E-state index in [1.807, 2.05) is 0 Å². The number of benzene rings is 1. The molecule has 6 heteroatoms. The highest BCUT2D eigenvalue weighted by Crippen LogP contribution is 2.33. The van der Waals surface area contributed by atoms with E-state index in [1.54, 1.807) is 33.8 Å². The second-order valence-electron chi connectivity index (χ2n) is 8.30. The molecule has 0 fully saturated rings. The molecule has 0 bridgehead atoms. The van der Waals surface area contributed by atoms with Gasteiger partial charge in [-0.05, 0) is 69.4 Å². The molecule has 0 aliphatic heterocycles. The second-order valence-corrected chi connectivity index (χ2v) is 8.30. The minimum Gasteiger partial charge on any atom is -0.456 e. The Kier molecular flexibility index (Phi) is 6.21. The van der Waals surface area contributed by atoms with Crippen molar-refractivity contribution < 1.29 is 22.7 Å². The van der Waals surface area contributed by atoms with E-state index in [4.69, 9.17) is 4.74 Å². The molecule has 0 unspecified atom stereocenters. The molecule has 0 atom stereocenters. The summed E-state index contributed by atoms with van der Waals surface area (Å²) < 4.78 is 44.2. The van der Waals surface area contributed by atoms with Crippen LogP contribution < -0.4 is 0 Å². The Labute approximate surface area is 163 Å². The number of halogens is 3. The zero-order valence-electron chi connectivity index (χ0n) is 17.1. The predicted octanol–water partition coefficient (Wildman–Crippen LogP) is 6.23. The molecule has 0 saturated heterocycles. The summed E-state index contributed by atoms with van der Waals surface area (Å²) in [5.74, 6) is -0.191. The van der Waals surface area contributed by atoms with Crippen molar-refractivity contribution in [3.63, 3.8) is 0 Å². The van der Waals surface area contributed by atoms with Gasteiger partial charge in [-0.25, -0.2) is 4.79 Å². The van der Waals surface area contributed by atoms with Crippen molar-refractivity contribution in [2.75, 3.05) is 0 Å². The molecule has 0 saturated carbocycles. The van der Waals surface area contributed by atoms with Gasteiger partial charge in [0.2, 0.25) is 0 Å². The van der Waals surface area contributed by atoms with Crippen LogP contribution in [-0.2, 0) is 17.3 Å². The van der Waals surface area contributed by atoms with Crippen LogP contribution in [0.15, 0.2) is 30.3 Å². The fourth-order valence-corrected chi connectivity index (χ4v) is 2.91. The number of aromatic nitrogens is 1. The van der Waals surface area contributed by atoms with E-state index in [0.29, 0.717) is 29.2 Å². The van der Waals surface area contributed by atoms with Gasteiger partial charge in [0.05, 0.1) is 16.8 Å². The first-order valence-corrected chi connectivity index (χ1v) is 9.19. The predicted molar refractivity (Wildman–Crippen MR) is 103 cm³/mol. The summed E-state index contributed by atoms with van der Waals surface area (Å²) in [6.45, 7) is 11.1. The van der Waals surface area contributed by atoms with Gasteiger partial charge in [0.1, 0.15) is 5.60 Å². The van der Waals surface area contributed by atoms with Crippen LogP contribution in [-0.4, -0.2) is 16.6 Å². The van der Waals surface area contributed by atoms with Crippen molar-refractivity contribution in [3.05, 3.63) is 52.8 Å². The molecule has 0 aliphatic rings. The van der Waals surface area contributed by atoms with E-state index in [2.05, 4.69) is 18.8 Å². The van der Waals surface area contributed by atoms with E-state index in [1.165, 1.54) is 12.1 Å². The average Bonchev–Trinajstić information content (AvgIpc) is 2.51. The summed E-state index contributed by atoms with van der Waals surface area (Å²) in [5, 5.41) is 0. The largest absolute Gasteiger partial charge is 0.456 e. The zero-order valence-corrected chi connectivity index (χ0v) is 17.1. The van der Waals surface area contributed by atoms with Crippen molar-refractivity contribution in [1.82, 2.24) is 4.98 Å². The lowest BCUT2D eigenvalue weighted by atomic mass is 9.95. The summed E-state index contributed by atoms with van der Waals surface area (Å²) in [6.07, 6.45) is -3.72. The van der Waals surface area contributed by atoms with Crippen molar-refractivity contribution in [2.45, 2.75) is 59.7 Å². The molecule has 1 heterocycles. The molecule has 0 N–H and O–H groups in total. The number of carbonyl (C=O) groups excluding carboxylic acids is 1. The van der Waals surface area contributed by atoms with Crippen LogP contribution >= 0.6 is 0 Å². The lowest BCUT2D eigenvalue weighted by Gasteiger charge is -2.22. The van der Waals surface area contributed by atoms with Crippen LogP contribution in [0.25, 0.3) is 11.1 Å². The zero-order chi connectivity index (χ0) is 21.3. The fraction of sp³-hybridized carbons (Fsp3) is 0.455. The Balaban J connectivity index is 2.61. The van der Waals surface area contributed by atoms with E-state index >= 15 is 0 Å². The van der Waals surface area contributed by atoms with Gasteiger partial charge >= 0.3 is 12.1 Å². The van der Waals surface area contributed by atoms with E-state index in [0.717, 1.165) is 17.8 Å². The summed E-state index contributed by atoms with van der Waals surface area (Å²) in [6, 6.07) is 6.57. The molecule has 1 aromatic heterocycles. The summed E-state index contributed by atoms with van der Waals surface area (Å²) in [4.78, 5) is 17.3. The third-order valence-electron chi connectivity index (χ3n) is 4.00. The van der Waals surface area contributed by atoms with Gasteiger partial charge in [-0.15, -0.1) is 0 Å². The van der Waals surface area contributed by atoms with Gasteiger partial charge in [-0.1, -0.05) is 26.0 Å². The highest BCUT2D eigenvalue weighted by atomic mass is 19.4. The average molecular weight is 393 g/mol. The maximum absolute atomic E-state index is 12.9. The first-order valence-electron chi connectivity index (χ1n) is 9.19. The molecular weight excluding hydrogens is 367 g/mol. The second kappa shape index (κ2) is 7.94. The molecule has 152 valence electrons. The quantitative estimate of drug-likeness (QED) is 0.578. The summed E-state index contributed by atoms with van der Waals surface area (Å²) >= 11 is 0. The SMILES string of the molecule is Cc1nc(CC(C)C)cc(-c2ccc(C(F)(F)F)cc2)c1C(=O)OC(C)(C)C. The summed E-state index contributed by atoms with van der Waals surface area (Å²) in [7, 11) is 0. The molecule has 3 nitrogen and oxygen atoms in total.